The Bertz CT molecular complexity index is 616. The van der Waals surface area contributed by atoms with Gasteiger partial charge in [0.15, 0.2) is 0 Å². The minimum Gasteiger partial charge on any atom is -0.370 e. The SMILES string of the molecule is CC(=O)N1CCCC(C(=O)N2CC(OCc3ccccc3F)C2)C1. The van der Waals surface area contributed by atoms with Crippen molar-refractivity contribution in [3.63, 3.8) is 0 Å². The average Bonchev–Trinajstić information content (AvgIpc) is 2.54. The quantitative estimate of drug-likeness (QED) is 0.844. The van der Waals surface area contributed by atoms with Gasteiger partial charge in [-0.25, -0.2) is 4.39 Å². The highest BCUT2D eigenvalue weighted by atomic mass is 19.1. The van der Waals surface area contributed by atoms with Gasteiger partial charge in [0.05, 0.1) is 18.6 Å². The first kappa shape index (κ1) is 16.9. The van der Waals surface area contributed by atoms with E-state index in [9.17, 15) is 14.0 Å². The predicted molar refractivity (Wildman–Crippen MR) is 86.5 cm³/mol. The first-order valence-electron chi connectivity index (χ1n) is 8.44. The van der Waals surface area contributed by atoms with Gasteiger partial charge < -0.3 is 14.5 Å². The Labute approximate surface area is 141 Å². The normalized spacial score (nSPS) is 21.5. The number of likely N-dealkylation sites (tertiary alicyclic amines) is 2. The number of nitrogens with zero attached hydrogens (tertiary/aromatic N) is 2. The zero-order valence-corrected chi connectivity index (χ0v) is 13.9. The van der Waals surface area contributed by atoms with Crippen molar-refractivity contribution < 1.29 is 18.7 Å². The number of amides is 2. The molecule has 5 nitrogen and oxygen atoms in total. The molecule has 2 fully saturated rings. The van der Waals surface area contributed by atoms with Crippen LogP contribution < -0.4 is 0 Å². The predicted octanol–water partition coefficient (Wildman–Crippen LogP) is 1.81. The third kappa shape index (κ3) is 3.75. The Balaban J connectivity index is 1.43. The van der Waals surface area contributed by atoms with Gasteiger partial charge in [-0.05, 0) is 18.9 Å². The first-order chi connectivity index (χ1) is 11.5. The van der Waals surface area contributed by atoms with E-state index in [0.29, 0.717) is 25.2 Å². The second-order valence-corrected chi connectivity index (χ2v) is 6.57. The van der Waals surface area contributed by atoms with Crippen molar-refractivity contribution in [2.75, 3.05) is 26.2 Å². The molecule has 0 N–H and O–H groups in total. The van der Waals surface area contributed by atoms with E-state index in [1.54, 1.807) is 34.9 Å². The molecule has 1 aromatic rings. The Hall–Kier alpha value is -1.95. The number of hydrogen-bond donors (Lipinski definition) is 0. The third-order valence-electron chi connectivity index (χ3n) is 4.81. The molecule has 0 aromatic heterocycles. The van der Waals surface area contributed by atoms with E-state index in [1.807, 2.05) is 0 Å². The van der Waals surface area contributed by atoms with E-state index >= 15 is 0 Å². The fraction of sp³-hybridized carbons (Fsp3) is 0.556. The van der Waals surface area contributed by atoms with Crippen LogP contribution in [0.25, 0.3) is 0 Å². The van der Waals surface area contributed by atoms with Gasteiger partial charge in [-0.2, -0.15) is 0 Å². The fourth-order valence-electron chi connectivity index (χ4n) is 3.27. The van der Waals surface area contributed by atoms with Crippen molar-refractivity contribution in [2.45, 2.75) is 32.5 Å². The summed E-state index contributed by atoms with van der Waals surface area (Å²) >= 11 is 0. The molecule has 0 saturated carbocycles. The van der Waals surface area contributed by atoms with Crippen LogP contribution in [0, 0.1) is 11.7 Å². The van der Waals surface area contributed by atoms with Crippen LogP contribution in [0.15, 0.2) is 24.3 Å². The number of benzene rings is 1. The van der Waals surface area contributed by atoms with Gasteiger partial charge in [0.25, 0.3) is 0 Å². The number of hydrogen-bond acceptors (Lipinski definition) is 3. The molecule has 3 rings (SSSR count). The maximum absolute atomic E-state index is 13.5. The molecular weight excluding hydrogens is 311 g/mol. The highest BCUT2D eigenvalue weighted by molar-refractivity contribution is 5.81. The van der Waals surface area contributed by atoms with Crippen LogP contribution in [-0.4, -0.2) is 53.9 Å². The lowest BCUT2D eigenvalue weighted by atomic mass is 9.95. The smallest absolute Gasteiger partial charge is 0.227 e. The molecule has 130 valence electrons. The molecule has 1 aromatic carbocycles. The van der Waals surface area contributed by atoms with Gasteiger partial charge in [0, 0.05) is 38.7 Å². The Morgan fingerprint density at radius 1 is 1.21 bits per heavy atom. The molecule has 1 atom stereocenters. The minimum absolute atomic E-state index is 0.0298. The second kappa shape index (κ2) is 7.30. The van der Waals surface area contributed by atoms with E-state index in [0.717, 1.165) is 19.4 Å². The lowest BCUT2D eigenvalue weighted by Gasteiger charge is -2.42. The van der Waals surface area contributed by atoms with Gasteiger partial charge in [-0.1, -0.05) is 18.2 Å². The molecule has 2 saturated heterocycles. The van der Waals surface area contributed by atoms with E-state index in [-0.39, 0.29) is 36.3 Å². The summed E-state index contributed by atoms with van der Waals surface area (Å²) in [7, 11) is 0. The van der Waals surface area contributed by atoms with E-state index < -0.39 is 0 Å². The molecule has 6 heteroatoms. The largest absolute Gasteiger partial charge is 0.370 e. The summed E-state index contributed by atoms with van der Waals surface area (Å²) in [4.78, 5) is 27.5. The van der Waals surface area contributed by atoms with Crippen molar-refractivity contribution >= 4 is 11.8 Å². The van der Waals surface area contributed by atoms with Crippen molar-refractivity contribution in [3.05, 3.63) is 35.6 Å². The van der Waals surface area contributed by atoms with Crippen LogP contribution in [0.3, 0.4) is 0 Å². The zero-order valence-electron chi connectivity index (χ0n) is 13.9. The molecule has 0 radical (unpaired) electrons. The number of carbonyl (C=O) groups excluding carboxylic acids is 2. The lowest BCUT2D eigenvalue weighted by Crippen LogP contribution is -2.58. The highest BCUT2D eigenvalue weighted by Gasteiger charge is 2.37. The van der Waals surface area contributed by atoms with Crippen molar-refractivity contribution in [3.8, 4) is 0 Å². The van der Waals surface area contributed by atoms with Crippen LogP contribution in [0.2, 0.25) is 0 Å². The van der Waals surface area contributed by atoms with Crippen LogP contribution in [0.4, 0.5) is 4.39 Å². The number of rotatable bonds is 4. The maximum atomic E-state index is 13.5. The standard InChI is InChI=1S/C18H23FN2O3/c1-13(22)20-8-4-6-14(9-20)18(23)21-10-16(11-21)24-12-15-5-2-3-7-17(15)19/h2-3,5,7,14,16H,4,6,8-12H2,1H3. The summed E-state index contributed by atoms with van der Waals surface area (Å²) in [6, 6.07) is 6.55. The summed E-state index contributed by atoms with van der Waals surface area (Å²) in [5.41, 5.74) is 0.534. The average molecular weight is 334 g/mol. The van der Waals surface area contributed by atoms with E-state index in [4.69, 9.17) is 4.74 Å². The summed E-state index contributed by atoms with van der Waals surface area (Å²) in [6.45, 7) is 4.12. The lowest BCUT2D eigenvalue weighted by molar-refractivity contribution is -0.153. The fourth-order valence-corrected chi connectivity index (χ4v) is 3.27. The van der Waals surface area contributed by atoms with Gasteiger partial charge in [0.2, 0.25) is 11.8 Å². The summed E-state index contributed by atoms with van der Waals surface area (Å²) in [5, 5.41) is 0. The Morgan fingerprint density at radius 3 is 2.67 bits per heavy atom. The number of carbonyl (C=O) groups is 2. The monoisotopic (exact) mass is 334 g/mol. The van der Waals surface area contributed by atoms with E-state index in [2.05, 4.69) is 0 Å². The van der Waals surface area contributed by atoms with Gasteiger partial charge >= 0.3 is 0 Å². The molecular formula is C18H23FN2O3. The minimum atomic E-state index is -0.267. The van der Waals surface area contributed by atoms with E-state index in [1.165, 1.54) is 6.07 Å². The molecule has 0 aliphatic carbocycles. The zero-order chi connectivity index (χ0) is 17.1. The third-order valence-corrected chi connectivity index (χ3v) is 4.81. The number of halogens is 1. The Morgan fingerprint density at radius 2 is 1.96 bits per heavy atom. The van der Waals surface area contributed by atoms with Gasteiger partial charge in [-0.3, -0.25) is 9.59 Å². The highest BCUT2D eigenvalue weighted by Crippen LogP contribution is 2.23. The van der Waals surface area contributed by atoms with Crippen LogP contribution in [-0.2, 0) is 20.9 Å². The molecule has 2 aliphatic heterocycles. The summed E-state index contributed by atoms with van der Waals surface area (Å²) < 4.78 is 19.2. The van der Waals surface area contributed by atoms with Crippen molar-refractivity contribution in [1.29, 1.82) is 0 Å². The second-order valence-electron chi connectivity index (χ2n) is 6.57. The number of ether oxygens (including phenoxy) is 1. The molecule has 0 bridgehead atoms. The molecule has 2 aliphatic rings. The molecule has 2 amide bonds. The summed E-state index contributed by atoms with van der Waals surface area (Å²) in [5.74, 6) is -0.236. The van der Waals surface area contributed by atoms with Crippen molar-refractivity contribution in [2.24, 2.45) is 5.92 Å². The first-order valence-corrected chi connectivity index (χ1v) is 8.44. The number of piperidine rings is 1. The summed E-state index contributed by atoms with van der Waals surface area (Å²) in [6.07, 6.45) is 1.66. The van der Waals surface area contributed by atoms with Crippen molar-refractivity contribution in [1.82, 2.24) is 9.80 Å². The van der Waals surface area contributed by atoms with Crippen LogP contribution in [0.1, 0.15) is 25.3 Å². The molecule has 24 heavy (non-hydrogen) atoms. The molecule has 0 spiro atoms. The molecule has 2 heterocycles. The van der Waals surface area contributed by atoms with Gasteiger partial charge in [0.1, 0.15) is 5.82 Å². The topological polar surface area (TPSA) is 49.9 Å². The van der Waals surface area contributed by atoms with Crippen LogP contribution in [0.5, 0.6) is 0 Å². The Kier molecular flexibility index (Phi) is 5.14. The molecule has 1 unspecified atom stereocenters. The van der Waals surface area contributed by atoms with Gasteiger partial charge in [-0.15, -0.1) is 0 Å². The maximum Gasteiger partial charge on any atom is 0.227 e. The van der Waals surface area contributed by atoms with Crippen LogP contribution >= 0.6 is 0 Å².